The zero-order valence-electron chi connectivity index (χ0n) is 42.9. The van der Waals surface area contributed by atoms with Gasteiger partial charge in [-0.1, -0.05) is 12.1 Å². The first kappa shape index (κ1) is 52.3. The summed E-state index contributed by atoms with van der Waals surface area (Å²) < 4.78 is 64.9. The molecule has 69 heavy (non-hydrogen) atoms. The highest BCUT2D eigenvalue weighted by molar-refractivity contribution is 5.82. The standard InChI is InChI=1S/C54H74N2O13/c1-55(26-22-37-33-46(63-7)51(65-9)53(67-11)49(37)40(55)29-35-16-19-42(59-3)44(31-35)61-5)24-13-15-39(57)18-21-48(58)69-28-14-25-56(2)27-23-38-34-47(64-8)52(66-10)54(68-12)50(38)41(56)30-36-17-20-43(60-4)45(32-36)62-6/h16-17,19-20,31-34,40-41H,13-15,18,21-30H2,1-12H3/q+2. The smallest absolute Gasteiger partial charge is 0.306 e. The Labute approximate surface area is 408 Å². The molecule has 4 atom stereocenters. The molecule has 0 aliphatic carbocycles. The predicted molar refractivity (Wildman–Crippen MR) is 262 cm³/mol. The number of fused-ring (bicyclic) bond motifs is 2. The fraction of sp³-hybridized carbons (Fsp3) is 0.519. The third-order valence-corrected chi connectivity index (χ3v) is 14.4. The lowest BCUT2D eigenvalue weighted by molar-refractivity contribution is -0.941. The summed E-state index contributed by atoms with van der Waals surface area (Å²) in [5.41, 5.74) is 6.60. The number of hydrogen-bond acceptors (Lipinski definition) is 13. The molecule has 15 heteroatoms. The lowest BCUT2D eigenvalue weighted by Crippen LogP contribution is -2.52. The van der Waals surface area contributed by atoms with Gasteiger partial charge in [0.2, 0.25) is 11.5 Å². The fourth-order valence-corrected chi connectivity index (χ4v) is 10.6. The van der Waals surface area contributed by atoms with Gasteiger partial charge in [0.05, 0.1) is 136 Å². The van der Waals surface area contributed by atoms with Crippen molar-refractivity contribution in [2.45, 2.75) is 69.9 Å². The fourth-order valence-electron chi connectivity index (χ4n) is 10.6. The molecule has 4 aromatic rings. The van der Waals surface area contributed by atoms with E-state index in [1.54, 1.807) is 71.1 Å². The van der Waals surface area contributed by atoms with Gasteiger partial charge in [0.25, 0.3) is 0 Å². The normalized spacial score (nSPS) is 19.3. The van der Waals surface area contributed by atoms with E-state index in [-0.39, 0.29) is 43.3 Å². The van der Waals surface area contributed by atoms with E-state index in [4.69, 9.17) is 52.1 Å². The molecule has 0 saturated heterocycles. The lowest BCUT2D eigenvalue weighted by atomic mass is 9.85. The van der Waals surface area contributed by atoms with Gasteiger partial charge in [0.15, 0.2) is 46.0 Å². The molecule has 4 unspecified atom stereocenters. The van der Waals surface area contributed by atoms with Crippen molar-refractivity contribution in [1.82, 2.24) is 0 Å². The number of Topliss-reactive ketones (excluding diaryl/α,β-unsaturated/α-hetero) is 1. The molecule has 0 fully saturated rings. The maximum Gasteiger partial charge on any atom is 0.306 e. The summed E-state index contributed by atoms with van der Waals surface area (Å²) in [5.74, 6) is 6.00. The topological polar surface area (TPSA) is 136 Å². The van der Waals surface area contributed by atoms with Crippen molar-refractivity contribution in [3.8, 4) is 57.5 Å². The minimum atomic E-state index is -0.367. The molecule has 2 heterocycles. The van der Waals surface area contributed by atoms with Crippen LogP contribution in [0.2, 0.25) is 0 Å². The molecule has 0 spiro atoms. The molecule has 15 nitrogen and oxygen atoms in total. The number of ketones is 1. The lowest BCUT2D eigenvalue weighted by Gasteiger charge is -2.46. The molecule has 0 radical (unpaired) electrons. The van der Waals surface area contributed by atoms with E-state index in [1.807, 2.05) is 24.3 Å². The zero-order chi connectivity index (χ0) is 49.9. The molecule has 6 rings (SSSR count). The largest absolute Gasteiger partial charge is 0.493 e. The SMILES string of the molecule is COc1ccc(CC2c3c(cc(OC)c(OC)c3OC)CC[N+]2(C)CCCOC(=O)CCC(=O)CCC[N+]2(C)CCc3cc(OC)c(OC)c(OC)c3C2Cc2ccc(OC)c(OC)c2)cc1OC. The maximum absolute atomic E-state index is 13.4. The van der Waals surface area contributed by atoms with Crippen LogP contribution >= 0.6 is 0 Å². The second kappa shape index (κ2) is 23.5. The molecule has 0 bridgehead atoms. The molecule has 376 valence electrons. The zero-order valence-corrected chi connectivity index (χ0v) is 42.9. The molecule has 0 N–H and O–H groups in total. The maximum atomic E-state index is 13.4. The molecule has 0 amide bonds. The van der Waals surface area contributed by atoms with Gasteiger partial charge in [-0.3, -0.25) is 9.59 Å². The third-order valence-electron chi connectivity index (χ3n) is 14.4. The Morgan fingerprint density at radius 3 is 1.30 bits per heavy atom. The molecule has 4 aromatic carbocycles. The highest BCUT2D eigenvalue weighted by Gasteiger charge is 2.44. The average molecular weight is 959 g/mol. The summed E-state index contributed by atoms with van der Waals surface area (Å²) in [4.78, 5) is 26.5. The number of likely N-dealkylation sites (N-methyl/N-ethyl adjacent to an activating group) is 2. The number of hydrogen-bond donors (Lipinski definition) is 0. The van der Waals surface area contributed by atoms with Crippen molar-refractivity contribution >= 4 is 11.8 Å². The van der Waals surface area contributed by atoms with Crippen LogP contribution in [0.25, 0.3) is 0 Å². The molecule has 2 aliphatic heterocycles. The summed E-state index contributed by atoms with van der Waals surface area (Å²) in [6.45, 7) is 3.43. The van der Waals surface area contributed by atoms with Crippen molar-refractivity contribution in [3.05, 3.63) is 81.9 Å². The first-order valence-corrected chi connectivity index (χ1v) is 23.7. The van der Waals surface area contributed by atoms with Crippen molar-refractivity contribution in [2.24, 2.45) is 0 Å². The summed E-state index contributed by atoms with van der Waals surface area (Å²) in [5, 5.41) is 0. The van der Waals surface area contributed by atoms with Crippen molar-refractivity contribution in [1.29, 1.82) is 0 Å². The molecule has 0 aromatic heterocycles. The van der Waals surface area contributed by atoms with Crippen LogP contribution in [-0.4, -0.2) is 139 Å². The Morgan fingerprint density at radius 1 is 0.478 bits per heavy atom. The average Bonchev–Trinajstić information content (AvgIpc) is 3.37. The minimum Gasteiger partial charge on any atom is -0.493 e. The Hall–Kier alpha value is -6.06. The van der Waals surface area contributed by atoms with E-state index in [0.717, 1.165) is 72.4 Å². The first-order chi connectivity index (χ1) is 33.3. The van der Waals surface area contributed by atoms with Crippen LogP contribution < -0.4 is 47.4 Å². The summed E-state index contributed by atoms with van der Waals surface area (Å²) in [7, 11) is 20.9. The number of ether oxygens (including phenoxy) is 11. The van der Waals surface area contributed by atoms with E-state index in [0.29, 0.717) is 98.6 Å². The second-order valence-corrected chi connectivity index (χ2v) is 18.3. The van der Waals surface area contributed by atoms with Gasteiger partial charge in [0, 0.05) is 51.4 Å². The molecular weight excluding hydrogens is 885 g/mol. The highest BCUT2D eigenvalue weighted by Crippen LogP contribution is 2.52. The van der Waals surface area contributed by atoms with Crippen LogP contribution in [0.15, 0.2) is 48.5 Å². The van der Waals surface area contributed by atoms with Crippen LogP contribution in [0.1, 0.15) is 77.6 Å². The Balaban J connectivity index is 1.08. The molecule has 0 saturated carbocycles. The van der Waals surface area contributed by atoms with Crippen LogP contribution in [0, 0.1) is 0 Å². The number of carbonyl (C=O) groups is 2. The number of esters is 1. The van der Waals surface area contributed by atoms with E-state index in [1.165, 1.54) is 0 Å². The van der Waals surface area contributed by atoms with E-state index >= 15 is 0 Å². The number of methoxy groups -OCH3 is 10. The number of rotatable bonds is 25. The minimum absolute atomic E-state index is 0.0335. The van der Waals surface area contributed by atoms with E-state index in [9.17, 15) is 9.59 Å². The third kappa shape index (κ3) is 11.4. The molecule has 2 aliphatic rings. The van der Waals surface area contributed by atoms with Gasteiger partial charge in [-0.15, -0.1) is 0 Å². The number of carbonyl (C=O) groups excluding carboxylic acids is 2. The molecular formula is C54H74N2O13+2. The summed E-state index contributed by atoms with van der Waals surface area (Å²) >= 11 is 0. The van der Waals surface area contributed by atoms with Crippen molar-refractivity contribution in [3.63, 3.8) is 0 Å². The summed E-state index contributed by atoms with van der Waals surface area (Å²) in [6.07, 6.45) is 4.79. The van der Waals surface area contributed by atoms with Crippen LogP contribution in [0.3, 0.4) is 0 Å². The Kier molecular flexibility index (Phi) is 17.8. The quantitative estimate of drug-likeness (QED) is 0.0360. The van der Waals surface area contributed by atoms with Crippen molar-refractivity contribution in [2.75, 3.05) is 118 Å². The number of quaternary nitrogens is 2. The van der Waals surface area contributed by atoms with E-state index in [2.05, 4.69) is 38.4 Å². The Morgan fingerprint density at radius 2 is 0.899 bits per heavy atom. The first-order valence-electron chi connectivity index (χ1n) is 23.7. The predicted octanol–water partition coefficient (Wildman–Crippen LogP) is 8.11. The van der Waals surface area contributed by atoms with Crippen LogP contribution in [0.4, 0.5) is 0 Å². The highest BCUT2D eigenvalue weighted by atomic mass is 16.5. The van der Waals surface area contributed by atoms with Gasteiger partial charge < -0.3 is 61.1 Å². The van der Waals surface area contributed by atoms with Gasteiger partial charge >= 0.3 is 5.97 Å². The summed E-state index contributed by atoms with van der Waals surface area (Å²) in [6, 6.07) is 16.1. The van der Waals surface area contributed by atoms with Gasteiger partial charge in [0.1, 0.15) is 17.9 Å². The van der Waals surface area contributed by atoms with Gasteiger partial charge in [-0.25, -0.2) is 0 Å². The number of nitrogens with zero attached hydrogens (tertiary/aromatic N) is 2. The van der Waals surface area contributed by atoms with Gasteiger partial charge in [-0.2, -0.15) is 0 Å². The van der Waals surface area contributed by atoms with Gasteiger partial charge in [-0.05, 0) is 58.7 Å². The van der Waals surface area contributed by atoms with E-state index < -0.39 is 0 Å². The van der Waals surface area contributed by atoms with Crippen LogP contribution in [-0.2, 0) is 40.0 Å². The Bertz CT molecular complexity index is 2420. The van der Waals surface area contributed by atoms with Crippen molar-refractivity contribution < 1.29 is 70.7 Å². The van der Waals surface area contributed by atoms with Crippen LogP contribution in [0.5, 0.6) is 57.5 Å². The second-order valence-electron chi connectivity index (χ2n) is 18.3. The monoisotopic (exact) mass is 959 g/mol. The number of benzene rings is 4.